The van der Waals surface area contributed by atoms with E-state index in [1.807, 2.05) is 6.92 Å². The molecule has 104 valence electrons. The first-order valence-corrected chi connectivity index (χ1v) is 7.40. The minimum Gasteiger partial charge on any atom is -0.262 e. The Morgan fingerprint density at radius 1 is 1.15 bits per heavy atom. The maximum absolute atomic E-state index is 12.2. The molecule has 0 spiro atoms. The van der Waals surface area contributed by atoms with Crippen LogP contribution < -0.4 is 0 Å². The SMILES string of the molecule is [2H]C([2H])(OS(=O)(=O)c1ccc(C)cc1)C(=C)c1ccccc1. The summed E-state index contributed by atoms with van der Waals surface area (Å²) in [4.78, 5) is -0.0946. The van der Waals surface area contributed by atoms with E-state index in [1.165, 1.54) is 12.1 Å². The van der Waals surface area contributed by atoms with Gasteiger partial charge in [-0.25, -0.2) is 0 Å². The van der Waals surface area contributed by atoms with Gasteiger partial charge in [0.25, 0.3) is 10.1 Å². The van der Waals surface area contributed by atoms with E-state index in [1.54, 1.807) is 42.5 Å². The molecule has 0 aliphatic rings. The molecule has 0 heterocycles. The van der Waals surface area contributed by atoms with E-state index in [2.05, 4.69) is 6.58 Å². The second-order valence-corrected chi connectivity index (χ2v) is 5.84. The number of aryl methyl sites for hydroxylation is 1. The van der Waals surface area contributed by atoms with Crippen molar-refractivity contribution < 1.29 is 15.3 Å². The monoisotopic (exact) mass is 290 g/mol. The van der Waals surface area contributed by atoms with Crippen molar-refractivity contribution in [3.05, 3.63) is 72.3 Å². The zero-order chi connectivity index (χ0) is 16.4. The summed E-state index contributed by atoms with van der Waals surface area (Å²) in [7, 11) is -4.22. The predicted molar refractivity (Wildman–Crippen MR) is 79.8 cm³/mol. The lowest BCUT2D eigenvalue weighted by Gasteiger charge is -2.08. The van der Waals surface area contributed by atoms with Crippen LogP contribution in [0.4, 0.5) is 0 Å². The van der Waals surface area contributed by atoms with Crippen molar-refractivity contribution in [2.24, 2.45) is 0 Å². The number of rotatable bonds is 5. The van der Waals surface area contributed by atoms with Crippen LogP contribution in [-0.2, 0) is 14.3 Å². The van der Waals surface area contributed by atoms with Gasteiger partial charge in [0, 0.05) is 0 Å². The highest BCUT2D eigenvalue weighted by Gasteiger charge is 2.15. The Balaban J connectivity index is 2.27. The Morgan fingerprint density at radius 3 is 2.35 bits per heavy atom. The topological polar surface area (TPSA) is 43.4 Å². The van der Waals surface area contributed by atoms with E-state index in [9.17, 15) is 8.42 Å². The Kier molecular flexibility index (Phi) is 3.58. The molecule has 0 aliphatic heterocycles. The van der Waals surface area contributed by atoms with Gasteiger partial charge in [-0.15, -0.1) is 0 Å². The van der Waals surface area contributed by atoms with Gasteiger partial charge in [0.15, 0.2) is 0 Å². The van der Waals surface area contributed by atoms with Gasteiger partial charge in [0.1, 0.15) is 0 Å². The largest absolute Gasteiger partial charge is 0.297 e. The molecule has 0 aromatic heterocycles. The molecule has 20 heavy (non-hydrogen) atoms. The first-order chi connectivity index (χ1) is 10.2. The molecule has 0 N–H and O–H groups in total. The first-order valence-electron chi connectivity index (χ1n) is 6.99. The fraction of sp³-hybridized carbons (Fsp3) is 0.125. The Bertz CT molecular complexity index is 767. The standard InChI is InChI=1S/C16H16O3S/c1-13-8-10-16(11-9-13)20(17,18)19-12-14(2)15-6-4-3-5-7-15/h3-11H,2,12H2,1H3/i12D2. The van der Waals surface area contributed by atoms with Crippen LogP contribution in [0.25, 0.3) is 5.57 Å². The summed E-state index contributed by atoms with van der Waals surface area (Å²) in [5.41, 5.74) is 1.33. The third-order valence-electron chi connectivity index (χ3n) is 2.71. The van der Waals surface area contributed by atoms with E-state index in [4.69, 9.17) is 6.92 Å². The predicted octanol–water partition coefficient (Wildman–Crippen LogP) is 3.41. The van der Waals surface area contributed by atoms with Crippen LogP contribution in [0.1, 0.15) is 13.9 Å². The minimum atomic E-state index is -4.22. The molecule has 2 aromatic rings. The maximum Gasteiger partial charge on any atom is 0.297 e. The molecule has 0 fully saturated rings. The van der Waals surface area contributed by atoms with Crippen molar-refractivity contribution in [3.63, 3.8) is 0 Å². The van der Waals surface area contributed by atoms with Crippen molar-refractivity contribution >= 4 is 15.7 Å². The van der Waals surface area contributed by atoms with Gasteiger partial charge >= 0.3 is 0 Å². The van der Waals surface area contributed by atoms with Gasteiger partial charge in [-0.3, -0.25) is 4.18 Å². The number of hydrogen-bond acceptors (Lipinski definition) is 3. The van der Waals surface area contributed by atoms with Crippen LogP contribution in [0.5, 0.6) is 0 Å². The van der Waals surface area contributed by atoms with Crippen molar-refractivity contribution in [3.8, 4) is 0 Å². The lowest BCUT2D eigenvalue weighted by molar-refractivity contribution is 0.363. The molecule has 2 aromatic carbocycles. The quantitative estimate of drug-likeness (QED) is 0.793. The highest BCUT2D eigenvalue weighted by molar-refractivity contribution is 7.86. The highest BCUT2D eigenvalue weighted by atomic mass is 32.2. The Morgan fingerprint density at radius 2 is 1.75 bits per heavy atom. The molecule has 0 aliphatic carbocycles. The van der Waals surface area contributed by atoms with Crippen LogP contribution in [0.2, 0.25) is 0 Å². The Hall–Kier alpha value is -1.91. The van der Waals surface area contributed by atoms with Gasteiger partial charge in [0.05, 0.1) is 14.2 Å². The average Bonchev–Trinajstić information content (AvgIpc) is 2.46. The summed E-state index contributed by atoms with van der Waals surface area (Å²) in [6.45, 7) is 2.91. The fourth-order valence-corrected chi connectivity index (χ4v) is 2.33. The third kappa shape index (κ3) is 3.56. The van der Waals surface area contributed by atoms with Crippen LogP contribution in [-0.4, -0.2) is 15.0 Å². The molecule has 0 atom stereocenters. The summed E-state index contributed by atoms with van der Waals surface area (Å²) in [6, 6.07) is 14.5. The Labute approximate surface area is 122 Å². The molecule has 4 heteroatoms. The second kappa shape index (κ2) is 6.03. The fourth-order valence-electron chi connectivity index (χ4n) is 1.56. The smallest absolute Gasteiger partial charge is 0.262 e. The number of hydrogen-bond donors (Lipinski definition) is 0. The van der Waals surface area contributed by atoms with Crippen LogP contribution >= 0.6 is 0 Å². The molecule has 0 unspecified atom stereocenters. The zero-order valence-electron chi connectivity index (χ0n) is 13.0. The molecular formula is C16H16O3S. The lowest BCUT2D eigenvalue weighted by Crippen LogP contribution is -2.08. The third-order valence-corrected chi connectivity index (χ3v) is 3.86. The normalized spacial score (nSPS) is 13.4. The van der Waals surface area contributed by atoms with Crippen molar-refractivity contribution in [2.75, 3.05) is 6.56 Å². The molecule has 0 amide bonds. The molecule has 0 saturated carbocycles. The van der Waals surface area contributed by atoms with Crippen LogP contribution in [0, 0.1) is 6.92 Å². The summed E-state index contributed by atoms with van der Waals surface area (Å²) < 4.78 is 44.9. The molecule has 2 rings (SSSR count). The first kappa shape index (κ1) is 11.9. The van der Waals surface area contributed by atoms with Gasteiger partial charge < -0.3 is 0 Å². The van der Waals surface area contributed by atoms with Crippen molar-refractivity contribution in [1.29, 1.82) is 0 Å². The summed E-state index contributed by atoms with van der Waals surface area (Å²) in [5, 5.41) is 0. The van der Waals surface area contributed by atoms with Crippen molar-refractivity contribution in [1.82, 2.24) is 0 Å². The zero-order valence-corrected chi connectivity index (χ0v) is 11.9. The summed E-state index contributed by atoms with van der Waals surface area (Å²) >= 11 is 0. The summed E-state index contributed by atoms with van der Waals surface area (Å²) in [5.74, 6) is 0. The number of benzene rings is 2. The van der Waals surface area contributed by atoms with E-state index >= 15 is 0 Å². The lowest BCUT2D eigenvalue weighted by atomic mass is 10.1. The van der Waals surface area contributed by atoms with Gasteiger partial charge in [0.2, 0.25) is 0 Å². The summed E-state index contributed by atoms with van der Waals surface area (Å²) in [6.07, 6.45) is 0. The molecule has 3 nitrogen and oxygen atoms in total. The minimum absolute atomic E-state index is 0.0520. The van der Waals surface area contributed by atoms with Crippen LogP contribution in [0.15, 0.2) is 66.1 Å². The van der Waals surface area contributed by atoms with E-state index in [0.29, 0.717) is 5.56 Å². The van der Waals surface area contributed by atoms with E-state index < -0.39 is 16.7 Å². The van der Waals surface area contributed by atoms with Gasteiger partial charge in [-0.05, 0) is 30.2 Å². The van der Waals surface area contributed by atoms with Crippen LogP contribution in [0.3, 0.4) is 0 Å². The average molecular weight is 290 g/mol. The van der Waals surface area contributed by atoms with E-state index in [-0.39, 0.29) is 10.5 Å². The highest BCUT2D eigenvalue weighted by Crippen LogP contribution is 2.17. The molecule has 0 radical (unpaired) electrons. The molecule has 0 saturated heterocycles. The van der Waals surface area contributed by atoms with Crippen molar-refractivity contribution in [2.45, 2.75) is 11.8 Å². The molecule has 0 bridgehead atoms. The second-order valence-electron chi connectivity index (χ2n) is 4.30. The van der Waals surface area contributed by atoms with Gasteiger partial charge in [-0.1, -0.05) is 54.6 Å². The van der Waals surface area contributed by atoms with E-state index in [0.717, 1.165) is 5.56 Å². The molecular weight excluding hydrogens is 272 g/mol. The van der Waals surface area contributed by atoms with Gasteiger partial charge in [-0.2, -0.15) is 8.42 Å². The maximum atomic E-state index is 12.2.